The average molecular weight is 345 g/mol. The summed E-state index contributed by atoms with van der Waals surface area (Å²) in [6, 6.07) is 2.38. The molecule has 5 nitrogen and oxygen atoms in total. The summed E-state index contributed by atoms with van der Waals surface area (Å²) in [6.07, 6.45) is 3.85. The Kier molecular flexibility index (Phi) is 3.70. The zero-order valence-electron chi connectivity index (χ0n) is 10.2. The molecular formula is C11H16IN5. The van der Waals surface area contributed by atoms with Crippen LogP contribution in [0.1, 0.15) is 25.6 Å². The minimum atomic E-state index is 0.391. The van der Waals surface area contributed by atoms with Gasteiger partial charge in [-0.3, -0.25) is 9.36 Å². The molecule has 92 valence electrons. The number of hydrogen-bond acceptors (Lipinski definition) is 3. The highest BCUT2D eigenvalue weighted by molar-refractivity contribution is 14.1. The Hall–Kier alpha value is -1.05. The molecule has 2 heterocycles. The van der Waals surface area contributed by atoms with E-state index in [0.29, 0.717) is 6.04 Å². The molecule has 2 aromatic rings. The lowest BCUT2D eigenvalue weighted by Crippen LogP contribution is -2.08. The molecule has 0 aromatic carbocycles. The van der Waals surface area contributed by atoms with Gasteiger partial charge in [-0.15, -0.1) is 0 Å². The zero-order chi connectivity index (χ0) is 12.4. The smallest absolute Gasteiger partial charge is 0.148 e. The van der Waals surface area contributed by atoms with E-state index < -0.39 is 0 Å². The van der Waals surface area contributed by atoms with Crippen molar-refractivity contribution in [1.29, 1.82) is 0 Å². The molecule has 0 saturated heterocycles. The largest absolute Gasteiger partial charge is 0.363 e. The fourth-order valence-corrected chi connectivity index (χ4v) is 2.19. The average Bonchev–Trinajstić information content (AvgIpc) is 2.85. The van der Waals surface area contributed by atoms with Crippen molar-refractivity contribution < 1.29 is 0 Å². The van der Waals surface area contributed by atoms with E-state index in [4.69, 9.17) is 0 Å². The van der Waals surface area contributed by atoms with Crippen LogP contribution in [0.3, 0.4) is 0 Å². The van der Waals surface area contributed by atoms with E-state index in [1.807, 2.05) is 34.9 Å². The molecule has 0 amide bonds. The van der Waals surface area contributed by atoms with Gasteiger partial charge in [0.05, 0.1) is 22.0 Å². The van der Waals surface area contributed by atoms with E-state index in [-0.39, 0.29) is 0 Å². The van der Waals surface area contributed by atoms with Crippen LogP contribution in [0, 0.1) is 3.57 Å². The molecule has 2 aromatic heterocycles. The molecule has 0 bridgehead atoms. The van der Waals surface area contributed by atoms with Crippen LogP contribution in [0.15, 0.2) is 18.5 Å². The first-order valence-corrected chi connectivity index (χ1v) is 6.61. The third kappa shape index (κ3) is 2.80. The summed E-state index contributed by atoms with van der Waals surface area (Å²) >= 11 is 2.29. The Morgan fingerprint density at radius 1 is 1.47 bits per heavy atom. The van der Waals surface area contributed by atoms with Gasteiger partial charge >= 0.3 is 0 Å². The molecule has 17 heavy (non-hydrogen) atoms. The number of nitrogens with one attached hydrogen (secondary N) is 1. The first-order valence-electron chi connectivity index (χ1n) is 5.53. The molecule has 0 unspecified atom stereocenters. The molecular weight excluding hydrogens is 329 g/mol. The Balaban J connectivity index is 2.02. The Bertz CT molecular complexity index is 480. The van der Waals surface area contributed by atoms with E-state index in [1.54, 1.807) is 0 Å². The highest BCUT2D eigenvalue weighted by atomic mass is 127. The molecule has 0 aliphatic heterocycles. The Morgan fingerprint density at radius 3 is 2.76 bits per heavy atom. The standard InChI is InChI=1S/C11H16IN5/c1-8(2)17-5-4-11(15-17)13-7-10-9(12)6-14-16(10)3/h4-6,8H,7H2,1-3H3,(H,13,15). The van der Waals surface area contributed by atoms with Gasteiger partial charge < -0.3 is 5.32 Å². The maximum Gasteiger partial charge on any atom is 0.148 e. The van der Waals surface area contributed by atoms with Crippen LogP contribution in [0.2, 0.25) is 0 Å². The second-order valence-corrected chi connectivity index (χ2v) is 5.35. The van der Waals surface area contributed by atoms with E-state index in [2.05, 4.69) is 52.0 Å². The fraction of sp³-hybridized carbons (Fsp3) is 0.455. The minimum Gasteiger partial charge on any atom is -0.363 e. The molecule has 0 atom stereocenters. The normalized spacial score (nSPS) is 11.1. The summed E-state index contributed by atoms with van der Waals surface area (Å²) < 4.78 is 4.99. The number of hydrogen-bond donors (Lipinski definition) is 1. The predicted molar refractivity (Wildman–Crippen MR) is 75.9 cm³/mol. The number of halogens is 1. The lowest BCUT2D eigenvalue weighted by Gasteiger charge is -2.06. The van der Waals surface area contributed by atoms with Crippen LogP contribution in [-0.2, 0) is 13.6 Å². The van der Waals surface area contributed by atoms with Gasteiger partial charge in [0.15, 0.2) is 0 Å². The van der Waals surface area contributed by atoms with Crippen LogP contribution in [0.5, 0.6) is 0 Å². The first kappa shape index (κ1) is 12.4. The molecule has 1 N–H and O–H groups in total. The second-order valence-electron chi connectivity index (χ2n) is 4.19. The number of nitrogens with zero attached hydrogens (tertiary/aromatic N) is 4. The van der Waals surface area contributed by atoms with Crippen LogP contribution >= 0.6 is 22.6 Å². The first-order chi connectivity index (χ1) is 8.08. The molecule has 0 aliphatic carbocycles. The van der Waals surface area contributed by atoms with E-state index >= 15 is 0 Å². The third-order valence-electron chi connectivity index (χ3n) is 2.58. The van der Waals surface area contributed by atoms with Crippen molar-refractivity contribution in [3.05, 3.63) is 27.7 Å². The Labute approximate surface area is 114 Å². The van der Waals surface area contributed by atoms with Crippen molar-refractivity contribution in [1.82, 2.24) is 19.6 Å². The van der Waals surface area contributed by atoms with E-state index in [9.17, 15) is 0 Å². The van der Waals surface area contributed by atoms with Crippen molar-refractivity contribution >= 4 is 28.4 Å². The second kappa shape index (κ2) is 5.07. The lowest BCUT2D eigenvalue weighted by molar-refractivity contribution is 0.533. The molecule has 0 fully saturated rings. The summed E-state index contributed by atoms with van der Waals surface area (Å²) in [5, 5.41) is 12.0. The van der Waals surface area contributed by atoms with Gasteiger partial charge in [0.2, 0.25) is 0 Å². The molecule has 0 aliphatic rings. The van der Waals surface area contributed by atoms with Gasteiger partial charge in [0, 0.05) is 25.4 Å². The zero-order valence-corrected chi connectivity index (χ0v) is 12.3. The summed E-state index contributed by atoms with van der Waals surface area (Å²) in [6.45, 7) is 4.96. The van der Waals surface area contributed by atoms with Crippen molar-refractivity contribution in [2.45, 2.75) is 26.4 Å². The Morgan fingerprint density at radius 2 is 2.24 bits per heavy atom. The summed E-state index contributed by atoms with van der Waals surface area (Å²) in [5.41, 5.74) is 1.17. The topological polar surface area (TPSA) is 47.7 Å². The summed E-state index contributed by atoms with van der Waals surface area (Å²) in [7, 11) is 1.95. The van der Waals surface area contributed by atoms with Gasteiger partial charge in [0.1, 0.15) is 5.82 Å². The molecule has 2 rings (SSSR count). The summed E-state index contributed by atoms with van der Waals surface area (Å²) in [5.74, 6) is 0.899. The predicted octanol–water partition coefficient (Wildman–Crippen LogP) is 2.41. The number of aryl methyl sites for hydroxylation is 1. The minimum absolute atomic E-state index is 0.391. The van der Waals surface area contributed by atoms with Crippen molar-refractivity contribution in [2.75, 3.05) is 5.32 Å². The molecule has 0 radical (unpaired) electrons. The maximum atomic E-state index is 4.44. The highest BCUT2D eigenvalue weighted by Gasteiger charge is 2.06. The quantitative estimate of drug-likeness (QED) is 0.866. The molecule has 0 saturated carbocycles. The van der Waals surface area contributed by atoms with E-state index in [1.165, 1.54) is 9.26 Å². The highest BCUT2D eigenvalue weighted by Crippen LogP contribution is 2.13. The van der Waals surface area contributed by atoms with Crippen LogP contribution in [0.4, 0.5) is 5.82 Å². The lowest BCUT2D eigenvalue weighted by atomic mass is 10.4. The van der Waals surface area contributed by atoms with Gasteiger partial charge in [-0.1, -0.05) is 0 Å². The number of aromatic nitrogens is 4. The third-order valence-corrected chi connectivity index (χ3v) is 3.49. The van der Waals surface area contributed by atoms with Gasteiger partial charge in [-0.2, -0.15) is 10.2 Å². The fourth-order valence-electron chi connectivity index (χ4n) is 1.53. The number of rotatable bonds is 4. The van der Waals surface area contributed by atoms with Crippen molar-refractivity contribution in [3.8, 4) is 0 Å². The van der Waals surface area contributed by atoms with Crippen molar-refractivity contribution in [3.63, 3.8) is 0 Å². The van der Waals surface area contributed by atoms with Crippen LogP contribution in [0.25, 0.3) is 0 Å². The van der Waals surface area contributed by atoms with Crippen molar-refractivity contribution in [2.24, 2.45) is 7.05 Å². The van der Waals surface area contributed by atoms with E-state index in [0.717, 1.165) is 12.4 Å². The number of anilines is 1. The van der Waals surface area contributed by atoms with Gasteiger partial charge in [-0.25, -0.2) is 0 Å². The van der Waals surface area contributed by atoms with Gasteiger partial charge in [0.25, 0.3) is 0 Å². The van der Waals surface area contributed by atoms with Gasteiger partial charge in [-0.05, 0) is 36.4 Å². The maximum absolute atomic E-state index is 4.44. The summed E-state index contributed by atoms with van der Waals surface area (Å²) in [4.78, 5) is 0. The molecule has 6 heteroatoms. The monoisotopic (exact) mass is 345 g/mol. The molecule has 0 spiro atoms. The SMILES string of the molecule is CC(C)n1ccc(NCc2c(I)cnn2C)n1. The van der Waals surface area contributed by atoms with Crippen LogP contribution in [-0.4, -0.2) is 19.6 Å². The van der Waals surface area contributed by atoms with Crippen LogP contribution < -0.4 is 5.32 Å².